The summed E-state index contributed by atoms with van der Waals surface area (Å²) in [7, 11) is 0. The molecule has 0 bridgehead atoms. The zero-order valence-electron chi connectivity index (χ0n) is 14.2. The van der Waals surface area contributed by atoms with E-state index in [4.69, 9.17) is 10.6 Å². The smallest absolute Gasteiger partial charge is 0.338 e. The van der Waals surface area contributed by atoms with E-state index >= 15 is 0 Å². The second-order valence-corrected chi connectivity index (χ2v) is 6.19. The number of rotatable bonds is 8. The lowest BCUT2D eigenvalue weighted by Gasteiger charge is -2.08. The molecule has 10 heteroatoms. The third kappa shape index (κ3) is 5.59. The molecule has 9 nitrogen and oxygen atoms in total. The van der Waals surface area contributed by atoms with Crippen molar-refractivity contribution in [2.24, 2.45) is 0 Å². The van der Waals surface area contributed by atoms with Crippen molar-refractivity contribution < 1.29 is 14.3 Å². The van der Waals surface area contributed by atoms with Crippen molar-refractivity contribution in [3.63, 3.8) is 0 Å². The van der Waals surface area contributed by atoms with Crippen LogP contribution in [0.15, 0.2) is 40.4 Å². The Morgan fingerprint density at radius 3 is 2.96 bits per heavy atom. The minimum Gasteiger partial charge on any atom is -0.462 e. The van der Waals surface area contributed by atoms with Crippen LogP contribution in [0, 0.1) is 0 Å². The first-order valence-electron chi connectivity index (χ1n) is 7.91. The van der Waals surface area contributed by atoms with Gasteiger partial charge in [0.25, 0.3) is 5.56 Å². The van der Waals surface area contributed by atoms with E-state index in [2.05, 4.69) is 15.5 Å². The number of aromatic nitrogens is 3. The molecule has 0 aliphatic rings. The van der Waals surface area contributed by atoms with E-state index in [1.165, 1.54) is 6.07 Å². The summed E-state index contributed by atoms with van der Waals surface area (Å²) in [6.45, 7) is 2.37. The summed E-state index contributed by atoms with van der Waals surface area (Å²) in [6, 6.07) is 6.47. The number of hydrogen-bond acceptors (Lipinski definition) is 8. The van der Waals surface area contributed by atoms with Crippen LogP contribution >= 0.6 is 11.8 Å². The van der Waals surface area contributed by atoms with Gasteiger partial charge < -0.3 is 15.9 Å². The van der Waals surface area contributed by atoms with Crippen LogP contribution in [0.25, 0.3) is 0 Å². The molecule has 0 unspecified atom stereocenters. The average molecular weight is 377 g/mol. The van der Waals surface area contributed by atoms with Crippen LogP contribution < -0.4 is 16.7 Å². The van der Waals surface area contributed by atoms with Crippen LogP contribution in [0.5, 0.6) is 0 Å². The summed E-state index contributed by atoms with van der Waals surface area (Å²) in [5.41, 5.74) is 0.304. The Hall–Kier alpha value is -2.88. The number of thioether (sulfide) groups is 1. The zero-order chi connectivity index (χ0) is 18.9. The largest absolute Gasteiger partial charge is 0.462 e. The maximum Gasteiger partial charge on any atom is 0.338 e. The van der Waals surface area contributed by atoms with Gasteiger partial charge in [-0.2, -0.15) is 9.77 Å². The molecule has 2 rings (SSSR count). The van der Waals surface area contributed by atoms with Gasteiger partial charge in [0.05, 0.1) is 17.9 Å². The van der Waals surface area contributed by atoms with E-state index in [1.54, 1.807) is 18.2 Å². The van der Waals surface area contributed by atoms with Gasteiger partial charge in [-0.1, -0.05) is 31.2 Å². The van der Waals surface area contributed by atoms with Gasteiger partial charge in [0.15, 0.2) is 0 Å². The SMILES string of the molecule is CCCCOC(=O)c1cccc(NC(=O)CSc2nncc(=O)n2N)c1. The van der Waals surface area contributed by atoms with Crippen molar-refractivity contribution in [2.45, 2.75) is 24.9 Å². The number of esters is 1. The predicted molar refractivity (Wildman–Crippen MR) is 97.4 cm³/mol. The maximum absolute atomic E-state index is 12.0. The van der Waals surface area contributed by atoms with Gasteiger partial charge in [-0.15, -0.1) is 5.10 Å². The number of unbranched alkanes of at least 4 members (excludes halogenated alkanes) is 1. The molecule has 1 aromatic heterocycles. The number of nitrogen functional groups attached to an aromatic ring is 1. The topological polar surface area (TPSA) is 129 Å². The number of carbonyl (C=O) groups excluding carboxylic acids is 2. The summed E-state index contributed by atoms with van der Waals surface area (Å²) in [5, 5.41) is 9.99. The Morgan fingerprint density at radius 1 is 1.38 bits per heavy atom. The molecular weight excluding hydrogens is 358 g/mol. The summed E-state index contributed by atoms with van der Waals surface area (Å²) in [5.74, 6) is 4.72. The van der Waals surface area contributed by atoms with Gasteiger partial charge in [0, 0.05) is 5.69 Å². The maximum atomic E-state index is 12.0. The number of hydrogen-bond donors (Lipinski definition) is 2. The van der Waals surface area contributed by atoms with E-state index in [-0.39, 0.29) is 16.8 Å². The van der Waals surface area contributed by atoms with Crippen LogP contribution in [-0.2, 0) is 9.53 Å². The Kier molecular flexibility index (Phi) is 7.15. The Balaban J connectivity index is 1.92. The van der Waals surface area contributed by atoms with Crippen molar-refractivity contribution >= 4 is 29.3 Å². The molecular formula is C16H19N5O4S. The number of nitrogens with two attached hydrogens (primary N) is 1. The van der Waals surface area contributed by atoms with Gasteiger partial charge in [-0.3, -0.25) is 9.59 Å². The van der Waals surface area contributed by atoms with Crippen LogP contribution in [0.1, 0.15) is 30.1 Å². The molecule has 2 aromatic rings. The molecule has 1 heterocycles. The van der Waals surface area contributed by atoms with Crippen LogP contribution in [0.4, 0.5) is 5.69 Å². The highest BCUT2D eigenvalue weighted by Crippen LogP contribution is 2.15. The number of nitrogens with one attached hydrogen (secondary N) is 1. The van der Waals surface area contributed by atoms with E-state index in [0.29, 0.717) is 17.9 Å². The molecule has 138 valence electrons. The molecule has 1 aromatic carbocycles. The lowest BCUT2D eigenvalue weighted by molar-refractivity contribution is -0.113. The second kappa shape index (κ2) is 9.56. The number of amides is 1. The molecule has 0 aliphatic heterocycles. The van der Waals surface area contributed by atoms with Crippen LogP contribution in [-0.4, -0.2) is 39.1 Å². The van der Waals surface area contributed by atoms with E-state index in [9.17, 15) is 14.4 Å². The highest BCUT2D eigenvalue weighted by atomic mass is 32.2. The lowest BCUT2D eigenvalue weighted by Crippen LogP contribution is -2.30. The second-order valence-electron chi connectivity index (χ2n) is 5.24. The Bertz CT molecular complexity index is 839. The summed E-state index contributed by atoms with van der Waals surface area (Å²) < 4.78 is 5.96. The summed E-state index contributed by atoms with van der Waals surface area (Å²) in [6.07, 6.45) is 2.71. The van der Waals surface area contributed by atoms with Crippen LogP contribution in [0.2, 0.25) is 0 Å². The molecule has 0 fully saturated rings. The van der Waals surface area contributed by atoms with Crippen molar-refractivity contribution in [3.8, 4) is 0 Å². The normalized spacial score (nSPS) is 10.3. The summed E-state index contributed by atoms with van der Waals surface area (Å²) in [4.78, 5) is 35.3. The molecule has 1 amide bonds. The fourth-order valence-corrected chi connectivity index (χ4v) is 2.54. The Morgan fingerprint density at radius 2 is 2.19 bits per heavy atom. The van der Waals surface area contributed by atoms with Crippen molar-refractivity contribution in [3.05, 3.63) is 46.4 Å². The Labute approximate surface area is 153 Å². The third-order valence-corrected chi connectivity index (χ3v) is 4.14. The number of nitrogens with zero attached hydrogens (tertiary/aromatic N) is 3. The number of anilines is 1. The molecule has 0 atom stereocenters. The molecule has 0 spiro atoms. The number of benzene rings is 1. The molecule has 26 heavy (non-hydrogen) atoms. The minimum absolute atomic E-state index is 0.0273. The van der Waals surface area contributed by atoms with Crippen LogP contribution in [0.3, 0.4) is 0 Å². The fraction of sp³-hybridized carbons (Fsp3) is 0.312. The van der Waals surface area contributed by atoms with Gasteiger partial charge >= 0.3 is 5.97 Å². The molecule has 3 N–H and O–H groups in total. The lowest BCUT2D eigenvalue weighted by atomic mass is 10.2. The van der Waals surface area contributed by atoms with Gasteiger partial charge in [-0.05, 0) is 24.6 Å². The standard InChI is InChI=1S/C16H19N5O4S/c1-2-3-7-25-15(24)11-5-4-6-12(8-11)19-13(22)10-26-16-20-18-9-14(23)21(16)17/h4-6,8-9H,2-3,7,10,17H2,1H3,(H,19,22). The first-order chi connectivity index (χ1) is 12.5. The van der Waals surface area contributed by atoms with E-state index in [0.717, 1.165) is 35.5 Å². The van der Waals surface area contributed by atoms with Gasteiger partial charge in [-0.25, -0.2) is 4.79 Å². The van der Waals surface area contributed by atoms with Crippen molar-refractivity contribution in [1.29, 1.82) is 0 Å². The predicted octanol–water partition coefficient (Wildman–Crippen LogP) is 1.04. The zero-order valence-corrected chi connectivity index (χ0v) is 15.0. The quantitative estimate of drug-likeness (QED) is 0.302. The number of ether oxygens (including phenoxy) is 1. The monoisotopic (exact) mass is 377 g/mol. The van der Waals surface area contributed by atoms with Gasteiger partial charge in [0.2, 0.25) is 11.1 Å². The fourth-order valence-electron chi connectivity index (χ4n) is 1.87. The van der Waals surface area contributed by atoms with Crippen molar-refractivity contribution in [1.82, 2.24) is 14.9 Å². The first-order valence-corrected chi connectivity index (χ1v) is 8.89. The molecule has 0 saturated carbocycles. The number of carbonyl (C=O) groups is 2. The highest BCUT2D eigenvalue weighted by Gasteiger charge is 2.11. The molecule has 0 saturated heterocycles. The third-order valence-electron chi connectivity index (χ3n) is 3.20. The van der Waals surface area contributed by atoms with Gasteiger partial charge in [0.1, 0.15) is 6.20 Å². The molecule has 0 radical (unpaired) electrons. The first kappa shape index (κ1) is 19.4. The highest BCUT2D eigenvalue weighted by molar-refractivity contribution is 7.99. The van der Waals surface area contributed by atoms with E-state index < -0.39 is 11.5 Å². The van der Waals surface area contributed by atoms with Crippen molar-refractivity contribution in [2.75, 3.05) is 23.5 Å². The van der Waals surface area contributed by atoms with E-state index in [1.807, 2.05) is 6.92 Å². The minimum atomic E-state index is -0.516. The summed E-state index contributed by atoms with van der Waals surface area (Å²) >= 11 is 0.973. The molecule has 0 aliphatic carbocycles. The average Bonchev–Trinajstić information content (AvgIpc) is 2.63.